The second-order valence-corrected chi connectivity index (χ2v) is 9.55. The SMILES string of the molecule is CCCO[Si](C)(Cl)CCCc1ccncc1. The number of halogens is 1. The predicted molar refractivity (Wildman–Crippen MR) is 71.1 cm³/mol. The molecule has 4 heteroatoms. The molecule has 0 bridgehead atoms. The van der Waals surface area contributed by atoms with Crippen LogP contribution in [-0.2, 0) is 10.8 Å². The molecule has 90 valence electrons. The zero-order valence-electron chi connectivity index (χ0n) is 10.1. The normalized spacial score (nSPS) is 14.7. The van der Waals surface area contributed by atoms with Crippen molar-refractivity contribution >= 4 is 18.7 Å². The van der Waals surface area contributed by atoms with Crippen LogP contribution in [0.2, 0.25) is 12.6 Å². The van der Waals surface area contributed by atoms with E-state index in [4.69, 9.17) is 15.5 Å². The van der Waals surface area contributed by atoms with Crippen LogP contribution in [0.25, 0.3) is 0 Å². The molecule has 1 aromatic heterocycles. The molecule has 0 spiro atoms. The van der Waals surface area contributed by atoms with Crippen LogP contribution in [0.5, 0.6) is 0 Å². The molecule has 0 aromatic carbocycles. The fourth-order valence-electron chi connectivity index (χ4n) is 1.54. The van der Waals surface area contributed by atoms with Crippen LogP contribution < -0.4 is 0 Å². The number of aromatic nitrogens is 1. The molecular weight excluding hydrogens is 238 g/mol. The van der Waals surface area contributed by atoms with Gasteiger partial charge in [0.2, 0.25) is 0 Å². The van der Waals surface area contributed by atoms with Crippen molar-refractivity contribution in [3.63, 3.8) is 0 Å². The van der Waals surface area contributed by atoms with E-state index < -0.39 is 7.63 Å². The summed E-state index contributed by atoms with van der Waals surface area (Å²) in [6.07, 6.45) is 6.87. The van der Waals surface area contributed by atoms with E-state index in [1.54, 1.807) is 0 Å². The summed E-state index contributed by atoms with van der Waals surface area (Å²) in [5.41, 5.74) is 1.33. The van der Waals surface area contributed by atoms with Crippen molar-refractivity contribution in [3.8, 4) is 0 Å². The fourth-order valence-corrected chi connectivity index (χ4v) is 3.76. The first-order chi connectivity index (χ1) is 7.64. The fraction of sp³-hybridized carbons (Fsp3) is 0.583. The Hall–Kier alpha value is -0.383. The summed E-state index contributed by atoms with van der Waals surface area (Å²) < 4.78 is 5.71. The number of rotatable bonds is 7. The first-order valence-electron chi connectivity index (χ1n) is 5.86. The van der Waals surface area contributed by atoms with E-state index in [0.29, 0.717) is 0 Å². The van der Waals surface area contributed by atoms with Crippen LogP contribution in [0.4, 0.5) is 0 Å². The molecule has 0 saturated heterocycles. The number of hydrogen-bond donors (Lipinski definition) is 0. The average molecular weight is 258 g/mol. The highest BCUT2D eigenvalue weighted by Crippen LogP contribution is 2.20. The Bertz CT molecular complexity index is 292. The standard InChI is InChI=1S/C12H20ClNOSi/c1-3-10-15-16(2,13)11-4-5-12-6-8-14-9-7-12/h6-9H,3-5,10-11H2,1-2H3. The van der Waals surface area contributed by atoms with Crippen molar-refractivity contribution in [2.24, 2.45) is 0 Å². The Morgan fingerprint density at radius 3 is 2.69 bits per heavy atom. The highest BCUT2D eigenvalue weighted by molar-refractivity contribution is 7.16. The van der Waals surface area contributed by atoms with E-state index in [1.807, 2.05) is 12.4 Å². The van der Waals surface area contributed by atoms with Gasteiger partial charge in [-0.3, -0.25) is 4.98 Å². The number of nitrogens with zero attached hydrogens (tertiary/aromatic N) is 1. The van der Waals surface area contributed by atoms with Gasteiger partial charge in [-0.2, -0.15) is 0 Å². The van der Waals surface area contributed by atoms with Crippen LogP contribution in [0.15, 0.2) is 24.5 Å². The van der Waals surface area contributed by atoms with Gasteiger partial charge in [-0.25, -0.2) is 0 Å². The molecule has 0 aliphatic heterocycles. The molecule has 16 heavy (non-hydrogen) atoms. The predicted octanol–water partition coefficient (Wildman–Crippen LogP) is 3.75. The van der Waals surface area contributed by atoms with E-state index in [0.717, 1.165) is 31.9 Å². The minimum atomic E-state index is -1.92. The molecule has 1 rings (SSSR count). The molecule has 2 nitrogen and oxygen atoms in total. The summed E-state index contributed by atoms with van der Waals surface area (Å²) in [6.45, 7) is 4.98. The molecule has 1 atom stereocenters. The van der Waals surface area contributed by atoms with Gasteiger partial charge in [0.15, 0.2) is 0 Å². The molecular formula is C12H20ClNOSi. The highest BCUT2D eigenvalue weighted by Gasteiger charge is 2.25. The summed E-state index contributed by atoms with van der Waals surface area (Å²) in [5, 5.41) is 0. The van der Waals surface area contributed by atoms with Crippen molar-refractivity contribution in [2.75, 3.05) is 6.61 Å². The molecule has 1 aromatic rings. The van der Waals surface area contributed by atoms with Crippen molar-refractivity contribution in [3.05, 3.63) is 30.1 Å². The molecule has 1 unspecified atom stereocenters. The largest absolute Gasteiger partial charge is 0.403 e. The van der Waals surface area contributed by atoms with Gasteiger partial charge in [0.1, 0.15) is 0 Å². The molecule has 0 radical (unpaired) electrons. The van der Waals surface area contributed by atoms with Gasteiger partial charge in [-0.05, 0) is 49.5 Å². The van der Waals surface area contributed by atoms with Gasteiger partial charge >= 0.3 is 0 Å². The van der Waals surface area contributed by atoms with Crippen LogP contribution in [0.3, 0.4) is 0 Å². The third-order valence-corrected chi connectivity index (χ3v) is 5.39. The molecule has 0 amide bonds. The van der Waals surface area contributed by atoms with Gasteiger partial charge in [0.05, 0.1) is 0 Å². The topological polar surface area (TPSA) is 22.1 Å². The average Bonchev–Trinajstić information content (AvgIpc) is 2.28. The molecule has 1 heterocycles. The maximum absolute atomic E-state index is 6.39. The van der Waals surface area contributed by atoms with Crippen LogP contribution >= 0.6 is 11.1 Å². The van der Waals surface area contributed by atoms with Crippen molar-refractivity contribution in [1.82, 2.24) is 4.98 Å². The molecule has 0 fully saturated rings. The summed E-state index contributed by atoms with van der Waals surface area (Å²) in [6, 6.07) is 5.12. The Labute approximate surface area is 104 Å². The lowest BCUT2D eigenvalue weighted by Crippen LogP contribution is -2.27. The Balaban J connectivity index is 2.24. The third kappa shape index (κ3) is 5.63. The van der Waals surface area contributed by atoms with Crippen LogP contribution in [0.1, 0.15) is 25.3 Å². The second-order valence-electron chi connectivity index (χ2n) is 4.16. The molecule has 0 saturated carbocycles. The highest BCUT2D eigenvalue weighted by atomic mass is 35.6. The lowest BCUT2D eigenvalue weighted by Gasteiger charge is -2.19. The summed E-state index contributed by atoms with van der Waals surface area (Å²) in [7, 11) is -1.92. The van der Waals surface area contributed by atoms with E-state index in [9.17, 15) is 0 Å². The van der Waals surface area contributed by atoms with Gasteiger partial charge in [0.25, 0.3) is 7.63 Å². The van der Waals surface area contributed by atoms with Gasteiger partial charge in [-0.1, -0.05) is 6.92 Å². The zero-order valence-corrected chi connectivity index (χ0v) is 11.8. The Morgan fingerprint density at radius 1 is 1.38 bits per heavy atom. The van der Waals surface area contributed by atoms with Crippen molar-refractivity contribution < 1.29 is 4.43 Å². The number of aryl methyl sites for hydroxylation is 1. The maximum atomic E-state index is 6.39. The molecule has 0 aliphatic carbocycles. The second kappa shape index (κ2) is 7.04. The summed E-state index contributed by atoms with van der Waals surface area (Å²) >= 11 is 6.39. The summed E-state index contributed by atoms with van der Waals surface area (Å²) in [4.78, 5) is 4.00. The van der Waals surface area contributed by atoms with E-state index >= 15 is 0 Å². The number of hydrogen-bond acceptors (Lipinski definition) is 2. The quantitative estimate of drug-likeness (QED) is 0.548. The first kappa shape index (κ1) is 13.7. The first-order valence-corrected chi connectivity index (χ1v) is 9.48. The Kier molecular flexibility index (Phi) is 6.02. The maximum Gasteiger partial charge on any atom is 0.286 e. The zero-order chi connectivity index (χ0) is 11.9. The summed E-state index contributed by atoms with van der Waals surface area (Å²) in [5.74, 6) is 0. The van der Waals surface area contributed by atoms with Gasteiger partial charge < -0.3 is 4.43 Å². The van der Waals surface area contributed by atoms with Gasteiger partial charge in [0, 0.05) is 19.0 Å². The lowest BCUT2D eigenvalue weighted by atomic mass is 10.2. The third-order valence-electron chi connectivity index (χ3n) is 2.45. The van der Waals surface area contributed by atoms with E-state index in [-0.39, 0.29) is 0 Å². The minimum Gasteiger partial charge on any atom is -0.403 e. The van der Waals surface area contributed by atoms with Crippen molar-refractivity contribution in [2.45, 2.75) is 38.8 Å². The molecule has 0 N–H and O–H groups in total. The van der Waals surface area contributed by atoms with Crippen molar-refractivity contribution in [1.29, 1.82) is 0 Å². The van der Waals surface area contributed by atoms with E-state index in [1.165, 1.54) is 5.56 Å². The number of pyridine rings is 1. The lowest BCUT2D eigenvalue weighted by molar-refractivity contribution is 0.315. The van der Waals surface area contributed by atoms with E-state index in [2.05, 4.69) is 30.6 Å². The molecule has 0 aliphatic rings. The van der Waals surface area contributed by atoms with Gasteiger partial charge in [-0.15, -0.1) is 11.1 Å². The van der Waals surface area contributed by atoms with Crippen LogP contribution in [-0.4, -0.2) is 19.2 Å². The monoisotopic (exact) mass is 257 g/mol. The van der Waals surface area contributed by atoms with Crippen LogP contribution in [0, 0.1) is 0 Å². The Morgan fingerprint density at radius 2 is 2.06 bits per heavy atom. The smallest absolute Gasteiger partial charge is 0.286 e. The minimum absolute atomic E-state index is 0.793.